The Bertz CT molecular complexity index is 253. The van der Waals surface area contributed by atoms with Gasteiger partial charge >= 0.3 is 0 Å². The van der Waals surface area contributed by atoms with Gasteiger partial charge in [-0.3, -0.25) is 0 Å². The van der Waals surface area contributed by atoms with E-state index in [0.717, 1.165) is 23.3 Å². The number of nitrogens with one attached hydrogen (secondary N) is 1. The van der Waals surface area contributed by atoms with Gasteiger partial charge in [-0.05, 0) is 32.2 Å². The van der Waals surface area contributed by atoms with Crippen molar-refractivity contribution >= 4 is 8.24 Å². The molecule has 1 nitrogen and oxygen atoms in total. The monoisotopic (exact) mass is 254 g/mol. The first-order chi connectivity index (χ1) is 7.47. The van der Waals surface area contributed by atoms with Gasteiger partial charge in [0, 0.05) is 17.4 Å². The number of hydrogen-bond donors (Lipinski definition) is 1. The van der Waals surface area contributed by atoms with Gasteiger partial charge in [-0.25, -0.2) is 0 Å². The smallest absolute Gasteiger partial charge is 0.123 e. The average Bonchev–Trinajstić information content (AvgIpc) is 2.27. The summed E-state index contributed by atoms with van der Waals surface area (Å²) in [5.74, 6) is 2.97. The maximum atomic E-state index is 4.40. The highest BCUT2D eigenvalue weighted by atomic mass is 28.3. The second-order valence-electron chi connectivity index (χ2n) is 7.86. The molecular weight excluding hydrogens is 222 g/mol. The largest absolute Gasteiger partial charge is 0.332 e. The summed E-state index contributed by atoms with van der Waals surface area (Å²) in [5, 5.41) is 0. The van der Waals surface area contributed by atoms with Crippen LogP contribution in [0, 0.1) is 30.6 Å². The minimum absolute atomic E-state index is 0.234. The Morgan fingerprint density at radius 3 is 1.71 bits per heavy atom. The molecule has 17 heavy (non-hydrogen) atoms. The molecule has 0 bridgehead atoms. The minimum atomic E-state index is -1.41. The van der Waals surface area contributed by atoms with Crippen LogP contribution in [0.2, 0.25) is 18.6 Å². The Labute approximate surface area is 110 Å². The Morgan fingerprint density at radius 1 is 0.941 bits per heavy atom. The quantitative estimate of drug-likeness (QED) is 0.571. The van der Waals surface area contributed by atoms with Gasteiger partial charge in [0.1, 0.15) is 14.2 Å². The number of rotatable bonds is 2. The molecule has 1 aliphatic carbocycles. The lowest BCUT2D eigenvalue weighted by molar-refractivity contribution is 0.385. The molecule has 1 fully saturated rings. The molecule has 0 aromatic carbocycles. The SMILES string of the molecule is [CH2+]C1C(C)C(C)C([Si](C)(C)NC(C)(C)C)C1C. The van der Waals surface area contributed by atoms with E-state index in [-0.39, 0.29) is 5.54 Å². The van der Waals surface area contributed by atoms with Gasteiger partial charge in [-0.1, -0.05) is 33.9 Å². The molecule has 1 saturated carbocycles. The fourth-order valence-corrected chi connectivity index (χ4v) is 9.58. The van der Waals surface area contributed by atoms with Gasteiger partial charge < -0.3 is 4.98 Å². The van der Waals surface area contributed by atoms with Gasteiger partial charge in [-0.2, -0.15) is 0 Å². The molecule has 0 amide bonds. The van der Waals surface area contributed by atoms with Crippen LogP contribution in [0.4, 0.5) is 0 Å². The van der Waals surface area contributed by atoms with Crippen molar-refractivity contribution in [2.45, 2.75) is 65.7 Å². The lowest BCUT2D eigenvalue weighted by Crippen LogP contribution is -2.58. The van der Waals surface area contributed by atoms with Crippen molar-refractivity contribution in [1.82, 2.24) is 4.98 Å². The minimum Gasteiger partial charge on any atom is -0.332 e. The Balaban J connectivity index is 2.91. The summed E-state index contributed by atoms with van der Waals surface area (Å²) >= 11 is 0. The molecule has 0 saturated heterocycles. The van der Waals surface area contributed by atoms with Crippen molar-refractivity contribution in [1.29, 1.82) is 0 Å². The molecule has 0 spiro atoms. The predicted octanol–water partition coefficient (Wildman–Crippen LogP) is 4.32. The van der Waals surface area contributed by atoms with E-state index in [1.807, 2.05) is 0 Å². The molecule has 1 aliphatic rings. The zero-order valence-electron chi connectivity index (χ0n) is 13.1. The second-order valence-corrected chi connectivity index (χ2v) is 12.2. The van der Waals surface area contributed by atoms with E-state index in [1.165, 1.54) is 0 Å². The van der Waals surface area contributed by atoms with E-state index >= 15 is 0 Å². The van der Waals surface area contributed by atoms with Crippen LogP contribution in [-0.2, 0) is 0 Å². The molecule has 0 aliphatic heterocycles. The predicted molar refractivity (Wildman–Crippen MR) is 80.5 cm³/mol. The maximum Gasteiger partial charge on any atom is 0.123 e. The van der Waals surface area contributed by atoms with Gasteiger partial charge in [0.25, 0.3) is 0 Å². The maximum absolute atomic E-state index is 4.40. The van der Waals surface area contributed by atoms with Crippen LogP contribution in [0.3, 0.4) is 0 Å². The van der Waals surface area contributed by atoms with E-state index in [1.54, 1.807) is 0 Å². The van der Waals surface area contributed by atoms with Crippen molar-refractivity contribution in [3.63, 3.8) is 0 Å². The normalized spacial score (nSPS) is 39.6. The van der Waals surface area contributed by atoms with Crippen LogP contribution in [0.25, 0.3) is 0 Å². The van der Waals surface area contributed by atoms with Crippen molar-refractivity contribution < 1.29 is 0 Å². The average molecular weight is 255 g/mol. The Kier molecular flexibility index (Phi) is 4.10. The summed E-state index contributed by atoms with van der Waals surface area (Å²) in [6.45, 7) is 23.5. The van der Waals surface area contributed by atoms with Gasteiger partial charge in [-0.15, -0.1) is 0 Å². The molecule has 0 aromatic heterocycles. The lowest BCUT2D eigenvalue weighted by atomic mass is 9.92. The fourth-order valence-electron chi connectivity index (χ4n) is 4.31. The first-order valence-corrected chi connectivity index (χ1v) is 10.2. The summed E-state index contributed by atoms with van der Waals surface area (Å²) in [5.41, 5.74) is 1.08. The van der Waals surface area contributed by atoms with E-state index in [0.29, 0.717) is 5.92 Å². The van der Waals surface area contributed by atoms with Crippen molar-refractivity contribution in [3.05, 3.63) is 6.92 Å². The van der Waals surface area contributed by atoms with E-state index < -0.39 is 8.24 Å². The van der Waals surface area contributed by atoms with Crippen molar-refractivity contribution in [2.24, 2.45) is 23.7 Å². The lowest BCUT2D eigenvalue weighted by Gasteiger charge is -2.41. The van der Waals surface area contributed by atoms with Gasteiger partial charge in [0.15, 0.2) is 0 Å². The topological polar surface area (TPSA) is 12.0 Å². The van der Waals surface area contributed by atoms with Crippen LogP contribution in [0.5, 0.6) is 0 Å². The molecule has 0 aromatic rings. The van der Waals surface area contributed by atoms with E-state index in [4.69, 9.17) is 0 Å². The van der Waals surface area contributed by atoms with E-state index in [9.17, 15) is 0 Å². The molecular formula is C15H32NSi+. The third-order valence-electron chi connectivity index (χ3n) is 4.84. The van der Waals surface area contributed by atoms with Crippen LogP contribution < -0.4 is 4.98 Å². The van der Waals surface area contributed by atoms with Crippen LogP contribution >= 0.6 is 0 Å². The standard InChI is InChI=1S/C15H32NSi/c1-10-11(2)13(4)14(12(10)3)17(8,9)16-15(5,6)7/h10-14,16H,1H2,2-9H3/q+1. The first kappa shape index (κ1) is 15.1. The summed E-state index contributed by atoms with van der Waals surface area (Å²) in [6, 6.07) is 0. The van der Waals surface area contributed by atoms with Crippen LogP contribution in [0.1, 0.15) is 41.5 Å². The fraction of sp³-hybridized carbons (Fsp3) is 0.933. The second kappa shape index (κ2) is 4.62. The zero-order valence-corrected chi connectivity index (χ0v) is 14.1. The molecule has 5 unspecified atom stereocenters. The highest BCUT2D eigenvalue weighted by Crippen LogP contribution is 2.52. The molecule has 1 N–H and O–H groups in total. The molecule has 2 heteroatoms. The summed E-state index contributed by atoms with van der Waals surface area (Å²) in [6.07, 6.45) is 0. The Hall–Kier alpha value is 0.0469. The molecule has 5 atom stereocenters. The molecule has 1 rings (SSSR count). The molecule has 100 valence electrons. The van der Waals surface area contributed by atoms with Gasteiger partial charge in [0.2, 0.25) is 0 Å². The van der Waals surface area contributed by atoms with Gasteiger partial charge in [0.05, 0.1) is 6.92 Å². The first-order valence-electron chi connectivity index (χ1n) is 7.10. The van der Waals surface area contributed by atoms with Crippen molar-refractivity contribution in [3.8, 4) is 0 Å². The summed E-state index contributed by atoms with van der Waals surface area (Å²) in [7, 11) is -1.41. The highest BCUT2D eigenvalue weighted by Gasteiger charge is 2.52. The third-order valence-corrected chi connectivity index (χ3v) is 8.96. The summed E-state index contributed by atoms with van der Waals surface area (Å²) in [4.78, 5) is 3.95. The highest BCUT2D eigenvalue weighted by molar-refractivity contribution is 6.76. The third kappa shape index (κ3) is 3.08. The number of hydrogen-bond acceptors (Lipinski definition) is 1. The van der Waals surface area contributed by atoms with Crippen LogP contribution in [-0.4, -0.2) is 13.8 Å². The van der Waals surface area contributed by atoms with E-state index in [2.05, 4.69) is 66.5 Å². The summed E-state index contributed by atoms with van der Waals surface area (Å²) < 4.78 is 0. The molecule has 0 radical (unpaired) electrons. The van der Waals surface area contributed by atoms with Crippen LogP contribution in [0.15, 0.2) is 0 Å². The Morgan fingerprint density at radius 2 is 1.41 bits per heavy atom. The zero-order chi connectivity index (χ0) is 13.6. The molecule has 0 heterocycles. The van der Waals surface area contributed by atoms with Crippen molar-refractivity contribution in [2.75, 3.05) is 0 Å².